The largest absolute Gasteiger partial charge is 0.465 e. The van der Waals surface area contributed by atoms with E-state index in [1.807, 2.05) is 0 Å². The lowest BCUT2D eigenvalue weighted by atomic mass is 9.81. The summed E-state index contributed by atoms with van der Waals surface area (Å²) >= 11 is 0. The molecule has 0 radical (unpaired) electrons. The fraction of sp³-hybridized carbons (Fsp3) is 0.900. The molecule has 0 heterocycles. The molecule has 0 aromatic rings. The number of rotatable bonds is 11. The van der Waals surface area contributed by atoms with E-state index in [1.165, 1.54) is 12.8 Å². The van der Waals surface area contributed by atoms with Gasteiger partial charge in [-0.2, -0.15) is 0 Å². The van der Waals surface area contributed by atoms with Gasteiger partial charge >= 0.3 is 11.9 Å². The summed E-state index contributed by atoms with van der Waals surface area (Å²) in [4.78, 5) is 24.4. The summed E-state index contributed by atoms with van der Waals surface area (Å²) in [7, 11) is 0. The third kappa shape index (κ3) is 7.67. The van der Waals surface area contributed by atoms with E-state index in [0.29, 0.717) is 25.6 Å². The van der Waals surface area contributed by atoms with Gasteiger partial charge in [0.15, 0.2) is 0 Å². The Hall–Kier alpha value is -1.06. The van der Waals surface area contributed by atoms with Crippen molar-refractivity contribution in [2.24, 2.45) is 17.8 Å². The standard InChI is InChI=1S/C20H36O4/c1-4-7-10-16(6-3)15-24-20(22)18-12-9-11-17(14-18)19(21)23-13-8-5-2/h16-18H,4-15H2,1-3H3. The Labute approximate surface area is 147 Å². The summed E-state index contributed by atoms with van der Waals surface area (Å²) in [5.41, 5.74) is 0. The maximum Gasteiger partial charge on any atom is 0.308 e. The van der Waals surface area contributed by atoms with E-state index < -0.39 is 0 Å². The average molecular weight is 341 g/mol. The molecule has 1 saturated carbocycles. The van der Waals surface area contributed by atoms with E-state index in [9.17, 15) is 9.59 Å². The first kappa shape index (κ1) is 21.0. The molecule has 0 aromatic carbocycles. The van der Waals surface area contributed by atoms with E-state index in [1.54, 1.807) is 0 Å². The van der Waals surface area contributed by atoms with Crippen molar-refractivity contribution in [3.63, 3.8) is 0 Å². The van der Waals surface area contributed by atoms with Gasteiger partial charge in [0.25, 0.3) is 0 Å². The van der Waals surface area contributed by atoms with Crippen LogP contribution >= 0.6 is 0 Å². The quantitative estimate of drug-likeness (QED) is 0.397. The van der Waals surface area contributed by atoms with E-state index in [2.05, 4.69) is 20.8 Å². The van der Waals surface area contributed by atoms with Crippen molar-refractivity contribution in [1.82, 2.24) is 0 Å². The number of carbonyl (C=O) groups excluding carboxylic acids is 2. The Morgan fingerprint density at radius 2 is 1.58 bits per heavy atom. The zero-order valence-electron chi connectivity index (χ0n) is 15.9. The van der Waals surface area contributed by atoms with E-state index in [4.69, 9.17) is 9.47 Å². The highest BCUT2D eigenvalue weighted by molar-refractivity contribution is 5.76. The highest BCUT2D eigenvalue weighted by Crippen LogP contribution is 2.31. The lowest BCUT2D eigenvalue weighted by molar-refractivity contribution is -0.155. The van der Waals surface area contributed by atoms with Gasteiger partial charge in [-0.15, -0.1) is 0 Å². The van der Waals surface area contributed by atoms with Gasteiger partial charge in [-0.05, 0) is 38.0 Å². The number of carbonyl (C=O) groups is 2. The van der Waals surface area contributed by atoms with Gasteiger partial charge in [0, 0.05) is 0 Å². The summed E-state index contributed by atoms with van der Waals surface area (Å²) < 4.78 is 10.9. The molecule has 24 heavy (non-hydrogen) atoms. The molecule has 0 aromatic heterocycles. The zero-order valence-corrected chi connectivity index (χ0v) is 15.9. The molecule has 0 bridgehead atoms. The number of unbranched alkanes of at least 4 members (excludes halogenated alkanes) is 2. The summed E-state index contributed by atoms with van der Waals surface area (Å²) in [5.74, 6) is -0.0417. The van der Waals surface area contributed by atoms with Crippen LogP contribution < -0.4 is 0 Å². The van der Waals surface area contributed by atoms with Gasteiger partial charge < -0.3 is 9.47 Å². The molecule has 1 fully saturated rings. The summed E-state index contributed by atoms with van der Waals surface area (Å²) in [6.07, 6.45) is 9.62. The molecular weight excluding hydrogens is 304 g/mol. The summed E-state index contributed by atoms with van der Waals surface area (Å²) in [5, 5.41) is 0. The third-order valence-corrected chi connectivity index (χ3v) is 5.09. The maximum absolute atomic E-state index is 12.3. The van der Waals surface area contributed by atoms with Crippen LogP contribution in [0.3, 0.4) is 0 Å². The van der Waals surface area contributed by atoms with Gasteiger partial charge in [-0.3, -0.25) is 9.59 Å². The van der Waals surface area contributed by atoms with Crippen molar-refractivity contribution < 1.29 is 19.1 Å². The van der Waals surface area contributed by atoms with Crippen LogP contribution in [-0.4, -0.2) is 25.2 Å². The molecule has 0 aliphatic heterocycles. The van der Waals surface area contributed by atoms with Crippen molar-refractivity contribution >= 4 is 11.9 Å². The number of ether oxygens (including phenoxy) is 2. The van der Waals surface area contributed by atoms with Gasteiger partial charge in [-0.25, -0.2) is 0 Å². The lowest BCUT2D eigenvalue weighted by Gasteiger charge is -2.27. The first-order chi connectivity index (χ1) is 11.6. The Morgan fingerprint density at radius 1 is 0.958 bits per heavy atom. The predicted molar refractivity (Wildman–Crippen MR) is 95.6 cm³/mol. The van der Waals surface area contributed by atoms with Crippen LogP contribution in [0.5, 0.6) is 0 Å². The Bertz CT molecular complexity index is 367. The predicted octanol–water partition coefficient (Wildman–Crippen LogP) is 4.90. The Balaban J connectivity index is 2.37. The second-order valence-corrected chi connectivity index (χ2v) is 7.13. The molecule has 4 heteroatoms. The van der Waals surface area contributed by atoms with Crippen LogP contribution in [0.1, 0.15) is 85.0 Å². The summed E-state index contributed by atoms with van der Waals surface area (Å²) in [6.45, 7) is 7.43. The lowest BCUT2D eigenvalue weighted by Crippen LogP contribution is -2.30. The highest BCUT2D eigenvalue weighted by Gasteiger charge is 2.33. The second kappa shape index (κ2) is 12.3. The molecule has 0 N–H and O–H groups in total. The van der Waals surface area contributed by atoms with Crippen LogP contribution in [0.4, 0.5) is 0 Å². The smallest absolute Gasteiger partial charge is 0.308 e. The number of hydrogen-bond donors (Lipinski definition) is 0. The molecule has 1 rings (SSSR count). The molecule has 1 aliphatic rings. The van der Waals surface area contributed by atoms with Gasteiger partial charge in [0.2, 0.25) is 0 Å². The summed E-state index contributed by atoms with van der Waals surface area (Å²) in [6, 6.07) is 0. The molecule has 0 spiro atoms. The zero-order chi connectivity index (χ0) is 17.8. The molecule has 3 atom stereocenters. The molecular formula is C20H36O4. The molecule has 4 nitrogen and oxygen atoms in total. The van der Waals surface area contributed by atoms with Crippen molar-refractivity contribution in [3.05, 3.63) is 0 Å². The molecule has 0 saturated heterocycles. The van der Waals surface area contributed by atoms with Gasteiger partial charge in [0.1, 0.15) is 0 Å². The normalized spacial score (nSPS) is 22.0. The van der Waals surface area contributed by atoms with Gasteiger partial charge in [0.05, 0.1) is 25.0 Å². The first-order valence-electron chi connectivity index (χ1n) is 9.95. The fourth-order valence-electron chi connectivity index (χ4n) is 3.27. The Kier molecular flexibility index (Phi) is 10.8. The van der Waals surface area contributed by atoms with Crippen molar-refractivity contribution in [1.29, 1.82) is 0 Å². The SMILES string of the molecule is CCCCOC(=O)C1CCCC(C(=O)OCC(CC)CCCC)C1. The average Bonchev–Trinajstić information content (AvgIpc) is 2.62. The number of hydrogen-bond acceptors (Lipinski definition) is 4. The molecule has 140 valence electrons. The van der Waals surface area contributed by atoms with Gasteiger partial charge in [-0.1, -0.05) is 52.9 Å². The Morgan fingerprint density at radius 3 is 2.17 bits per heavy atom. The van der Waals surface area contributed by atoms with Crippen LogP contribution in [0, 0.1) is 17.8 Å². The van der Waals surface area contributed by atoms with Crippen molar-refractivity contribution in [3.8, 4) is 0 Å². The minimum atomic E-state index is -0.133. The van der Waals surface area contributed by atoms with Crippen LogP contribution in [0.2, 0.25) is 0 Å². The number of esters is 2. The molecule has 0 amide bonds. The fourth-order valence-corrected chi connectivity index (χ4v) is 3.27. The minimum absolute atomic E-state index is 0.115. The van der Waals surface area contributed by atoms with Crippen molar-refractivity contribution in [2.75, 3.05) is 13.2 Å². The van der Waals surface area contributed by atoms with E-state index in [-0.39, 0.29) is 23.8 Å². The molecule has 1 aliphatic carbocycles. The minimum Gasteiger partial charge on any atom is -0.465 e. The first-order valence-corrected chi connectivity index (χ1v) is 9.95. The van der Waals surface area contributed by atoms with Crippen LogP contribution in [-0.2, 0) is 19.1 Å². The van der Waals surface area contributed by atoms with Crippen LogP contribution in [0.15, 0.2) is 0 Å². The molecule has 3 unspecified atom stereocenters. The topological polar surface area (TPSA) is 52.6 Å². The second-order valence-electron chi connectivity index (χ2n) is 7.13. The third-order valence-electron chi connectivity index (χ3n) is 5.09. The monoisotopic (exact) mass is 340 g/mol. The van der Waals surface area contributed by atoms with E-state index in [0.717, 1.165) is 44.9 Å². The maximum atomic E-state index is 12.3. The van der Waals surface area contributed by atoms with Crippen LogP contribution in [0.25, 0.3) is 0 Å². The van der Waals surface area contributed by atoms with Crippen molar-refractivity contribution in [2.45, 2.75) is 85.0 Å². The van der Waals surface area contributed by atoms with E-state index >= 15 is 0 Å². The highest BCUT2D eigenvalue weighted by atomic mass is 16.5.